The normalized spacial score (nSPS) is 17.7. The van der Waals surface area contributed by atoms with Crippen molar-refractivity contribution in [2.75, 3.05) is 38.5 Å². The lowest BCUT2D eigenvalue weighted by molar-refractivity contribution is 0.104. The number of carboxylic acid groups (broad SMARTS) is 1. The van der Waals surface area contributed by atoms with E-state index in [1.807, 2.05) is 18.2 Å². The van der Waals surface area contributed by atoms with Crippen molar-refractivity contribution in [2.24, 2.45) is 5.73 Å². The largest absolute Gasteiger partial charge is 0.465 e. The lowest BCUT2D eigenvalue weighted by atomic mass is 10.2. The summed E-state index contributed by atoms with van der Waals surface area (Å²) < 4.78 is 0. The first-order chi connectivity index (χ1) is 10.1. The minimum Gasteiger partial charge on any atom is -0.465 e. The number of thioether (sulfide) groups is 1. The van der Waals surface area contributed by atoms with Crippen molar-refractivity contribution in [2.45, 2.75) is 17.4 Å². The van der Waals surface area contributed by atoms with Gasteiger partial charge in [0.2, 0.25) is 0 Å². The molecule has 1 fully saturated rings. The van der Waals surface area contributed by atoms with E-state index in [1.165, 1.54) is 9.80 Å². The van der Waals surface area contributed by atoms with Crippen LogP contribution < -0.4 is 5.73 Å². The highest BCUT2D eigenvalue weighted by Crippen LogP contribution is 2.18. The number of hydrogen-bond acceptors (Lipinski definition) is 4. The zero-order chi connectivity index (χ0) is 15.1. The zero-order valence-electron chi connectivity index (χ0n) is 12.1. The third kappa shape index (κ3) is 5.57. The third-order valence-electron chi connectivity index (χ3n) is 3.67. The lowest BCUT2D eigenvalue weighted by Gasteiger charge is -2.33. The molecule has 0 aromatic heterocycles. The maximum Gasteiger partial charge on any atom is 0.407 e. The molecule has 0 radical (unpaired) electrons. The molecule has 1 aliphatic rings. The van der Waals surface area contributed by atoms with Crippen LogP contribution in [0.2, 0.25) is 0 Å². The fourth-order valence-electron chi connectivity index (χ4n) is 2.31. The summed E-state index contributed by atoms with van der Waals surface area (Å²) in [7, 11) is 0. The van der Waals surface area contributed by atoms with E-state index in [0.29, 0.717) is 13.1 Å². The Morgan fingerprint density at radius 3 is 2.52 bits per heavy atom. The van der Waals surface area contributed by atoms with Gasteiger partial charge in [0, 0.05) is 42.9 Å². The highest BCUT2D eigenvalue weighted by molar-refractivity contribution is 7.99. The van der Waals surface area contributed by atoms with Gasteiger partial charge in [0.15, 0.2) is 0 Å². The second-order valence-electron chi connectivity index (χ2n) is 5.28. The van der Waals surface area contributed by atoms with E-state index in [0.717, 1.165) is 31.8 Å². The molecule has 1 aromatic rings. The fourth-order valence-corrected chi connectivity index (χ4v) is 3.24. The van der Waals surface area contributed by atoms with Crippen LogP contribution in [0.25, 0.3) is 0 Å². The van der Waals surface area contributed by atoms with E-state index in [1.54, 1.807) is 11.8 Å². The Bertz CT molecular complexity index is 436. The first-order valence-corrected chi connectivity index (χ1v) is 8.27. The molecule has 2 rings (SSSR count). The Balaban J connectivity index is 1.61. The summed E-state index contributed by atoms with van der Waals surface area (Å²) in [4.78, 5) is 15.9. The average Bonchev–Trinajstić information content (AvgIpc) is 2.52. The Morgan fingerprint density at radius 2 is 1.90 bits per heavy atom. The number of rotatable bonds is 6. The molecule has 1 saturated heterocycles. The van der Waals surface area contributed by atoms with Gasteiger partial charge in [0.1, 0.15) is 0 Å². The van der Waals surface area contributed by atoms with Gasteiger partial charge < -0.3 is 15.7 Å². The minimum absolute atomic E-state index is 0.174. The summed E-state index contributed by atoms with van der Waals surface area (Å²) in [6.45, 7) is 3.77. The van der Waals surface area contributed by atoms with Gasteiger partial charge in [0.05, 0.1) is 0 Å². The zero-order valence-corrected chi connectivity index (χ0v) is 13.0. The Labute approximate surface area is 130 Å². The van der Waals surface area contributed by atoms with Crippen molar-refractivity contribution < 1.29 is 9.90 Å². The van der Waals surface area contributed by atoms with Gasteiger partial charge in [-0.3, -0.25) is 4.90 Å². The molecular formula is C15H23N3O2S. The van der Waals surface area contributed by atoms with Crippen molar-refractivity contribution in [3.05, 3.63) is 30.3 Å². The van der Waals surface area contributed by atoms with Crippen molar-refractivity contribution in [1.29, 1.82) is 0 Å². The van der Waals surface area contributed by atoms with Crippen LogP contribution in [-0.4, -0.2) is 65.5 Å². The second kappa shape index (κ2) is 8.26. The Hall–Kier alpha value is -1.24. The van der Waals surface area contributed by atoms with E-state index in [-0.39, 0.29) is 6.04 Å². The Morgan fingerprint density at radius 1 is 1.24 bits per heavy atom. The molecule has 116 valence electrons. The van der Waals surface area contributed by atoms with Crippen molar-refractivity contribution in [1.82, 2.24) is 9.80 Å². The maximum atomic E-state index is 10.8. The highest BCUT2D eigenvalue weighted by atomic mass is 32.2. The van der Waals surface area contributed by atoms with Crippen molar-refractivity contribution in [3.8, 4) is 0 Å². The van der Waals surface area contributed by atoms with E-state index in [4.69, 9.17) is 10.8 Å². The number of benzene rings is 1. The van der Waals surface area contributed by atoms with Crippen LogP contribution in [0.1, 0.15) is 6.42 Å². The molecule has 1 aromatic carbocycles. The molecule has 1 atom stereocenters. The van der Waals surface area contributed by atoms with Crippen molar-refractivity contribution >= 4 is 17.9 Å². The molecule has 1 heterocycles. The van der Waals surface area contributed by atoms with Gasteiger partial charge in [-0.1, -0.05) is 18.2 Å². The molecule has 0 aliphatic carbocycles. The van der Waals surface area contributed by atoms with E-state index < -0.39 is 6.09 Å². The van der Waals surface area contributed by atoms with Gasteiger partial charge in [-0.15, -0.1) is 11.8 Å². The number of nitrogens with zero attached hydrogens (tertiary/aromatic N) is 2. The molecule has 0 bridgehead atoms. The maximum absolute atomic E-state index is 10.8. The topological polar surface area (TPSA) is 69.8 Å². The van der Waals surface area contributed by atoms with E-state index in [2.05, 4.69) is 17.0 Å². The SMILES string of the molecule is N[C@H](CCN1CCN(C(=O)O)CC1)CSc1ccccc1. The van der Waals surface area contributed by atoms with Gasteiger partial charge in [-0.05, 0) is 25.1 Å². The van der Waals surface area contributed by atoms with E-state index in [9.17, 15) is 4.79 Å². The predicted molar refractivity (Wildman–Crippen MR) is 85.8 cm³/mol. The van der Waals surface area contributed by atoms with Crippen LogP contribution >= 0.6 is 11.8 Å². The molecular weight excluding hydrogens is 286 g/mol. The molecule has 21 heavy (non-hydrogen) atoms. The lowest BCUT2D eigenvalue weighted by Crippen LogP contribution is -2.49. The molecule has 1 aliphatic heterocycles. The van der Waals surface area contributed by atoms with Gasteiger partial charge in [-0.25, -0.2) is 4.79 Å². The second-order valence-corrected chi connectivity index (χ2v) is 6.38. The van der Waals surface area contributed by atoms with Crippen LogP contribution in [0.4, 0.5) is 4.79 Å². The smallest absolute Gasteiger partial charge is 0.407 e. The number of amides is 1. The number of hydrogen-bond donors (Lipinski definition) is 2. The first-order valence-electron chi connectivity index (χ1n) is 7.29. The minimum atomic E-state index is -0.814. The molecule has 1 amide bonds. The summed E-state index contributed by atoms with van der Waals surface area (Å²) in [5.41, 5.74) is 6.16. The van der Waals surface area contributed by atoms with E-state index >= 15 is 0 Å². The number of carbonyl (C=O) groups is 1. The third-order valence-corrected chi connectivity index (χ3v) is 4.87. The monoisotopic (exact) mass is 309 g/mol. The summed E-state index contributed by atoms with van der Waals surface area (Å²) in [5.74, 6) is 0.916. The summed E-state index contributed by atoms with van der Waals surface area (Å²) >= 11 is 1.79. The van der Waals surface area contributed by atoms with Crippen molar-refractivity contribution in [3.63, 3.8) is 0 Å². The van der Waals surface area contributed by atoms with Gasteiger partial charge >= 0.3 is 6.09 Å². The highest BCUT2D eigenvalue weighted by Gasteiger charge is 2.20. The number of piperazine rings is 1. The molecule has 5 nitrogen and oxygen atoms in total. The Kier molecular flexibility index (Phi) is 6.35. The van der Waals surface area contributed by atoms with Crippen LogP contribution in [0, 0.1) is 0 Å². The van der Waals surface area contributed by atoms with Gasteiger partial charge in [0.25, 0.3) is 0 Å². The molecule has 6 heteroatoms. The van der Waals surface area contributed by atoms with Crippen LogP contribution in [0.3, 0.4) is 0 Å². The van der Waals surface area contributed by atoms with Gasteiger partial charge in [-0.2, -0.15) is 0 Å². The number of nitrogens with two attached hydrogens (primary N) is 1. The molecule has 0 spiro atoms. The molecule has 3 N–H and O–H groups in total. The fraction of sp³-hybridized carbons (Fsp3) is 0.533. The quantitative estimate of drug-likeness (QED) is 0.784. The predicted octanol–water partition coefficient (Wildman–Crippen LogP) is 1.79. The molecule has 0 unspecified atom stereocenters. The average molecular weight is 309 g/mol. The standard InChI is InChI=1S/C15H23N3O2S/c16-13(12-21-14-4-2-1-3-5-14)6-7-17-8-10-18(11-9-17)15(19)20/h1-5,13H,6-12,16H2,(H,19,20)/t13-/m1/s1. The summed E-state index contributed by atoms with van der Waals surface area (Å²) in [6.07, 6.45) is 0.137. The molecule has 0 saturated carbocycles. The first kappa shape index (κ1) is 16.1. The van der Waals surface area contributed by atoms with Crippen LogP contribution in [0.5, 0.6) is 0 Å². The summed E-state index contributed by atoms with van der Waals surface area (Å²) in [6, 6.07) is 10.5. The van der Waals surface area contributed by atoms with Crippen LogP contribution in [0.15, 0.2) is 35.2 Å². The van der Waals surface area contributed by atoms with Crippen LogP contribution in [-0.2, 0) is 0 Å². The summed E-state index contributed by atoms with van der Waals surface area (Å²) in [5, 5.41) is 8.91.